The Hall–Kier alpha value is -2.82. The maximum Gasteiger partial charge on any atom is 0.228 e. The van der Waals surface area contributed by atoms with Crippen molar-refractivity contribution in [2.45, 2.75) is 46.1 Å². The van der Waals surface area contributed by atoms with Crippen LogP contribution in [-0.4, -0.2) is 43.0 Å². The third kappa shape index (κ3) is 4.66. The van der Waals surface area contributed by atoms with Crippen LogP contribution in [0, 0.1) is 5.41 Å². The second kappa shape index (κ2) is 9.33. The van der Waals surface area contributed by atoms with Gasteiger partial charge in [-0.1, -0.05) is 49.4 Å². The van der Waals surface area contributed by atoms with Gasteiger partial charge in [-0.2, -0.15) is 0 Å². The lowest BCUT2D eigenvalue weighted by Crippen LogP contribution is -2.47. The van der Waals surface area contributed by atoms with Crippen molar-refractivity contribution >= 4 is 11.8 Å². The number of nitrogens with one attached hydrogen (secondary N) is 1. The number of rotatable bonds is 7. The van der Waals surface area contributed by atoms with Gasteiger partial charge >= 0.3 is 0 Å². The summed E-state index contributed by atoms with van der Waals surface area (Å²) in [6.07, 6.45) is 1.77. The van der Waals surface area contributed by atoms with Gasteiger partial charge in [0.25, 0.3) is 0 Å². The van der Waals surface area contributed by atoms with Gasteiger partial charge in [-0.05, 0) is 43.9 Å². The number of nitrogens with zero attached hydrogens (tertiary/aromatic N) is 1. The quantitative estimate of drug-likeness (QED) is 0.752. The highest BCUT2D eigenvalue weighted by Crippen LogP contribution is 2.36. The summed E-state index contributed by atoms with van der Waals surface area (Å²) >= 11 is 0. The van der Waals surface area contributed by atoms with Crippen LogP contribution in [0.2, 0.25) is 0 Å². The summed E-state index contributed by atoms with van der Waals surface area (Å²) in [4.78, 5) is 27.2. The minimum absolute atomic E-state index is 0.0395. The number of carbonyl (C=O) groups is 2. The van der Waals surface area contributed by atoms with Gasteiger partial charge in [0.1, 0.15) is 5.75 Å². The van der Waals surface area contributed by atoms with Crippen LogP contribution < -0.4 is 10.1 Å². The second-order valence-electron chi connectivity index (χ2n) is 8.40. The van der Waals surface area contributed by atoms with Crippen molar-refractivity contribution in [1.29, 1.82) is 0 Å². The molecule has 1 aliphatic rings. The topological polar surface area (TPSA) is 58.6 Å². The molecule has 2 aromatic carbocycles. The standard InChI is InChI=1S/C25H32N2O3/c1-5-23(28)27-15-14-25(17-27,24(29)26-18(2)3)16-19-10-12-20(13-11-19)21-8-6-7-9-22(21)30-4/h6-13,18H,5,14-17H2,1-4H3,(H,26,29)/t25-/m1/s1. The highest BCUT2D eigenvalue weighted by atomic mass is 16.5. The number of benzene rings is 2. The summed E-state index contributed by atoms with van der Waals surface area (Å²) in [5, 5.41) is 3.08. The number of ether oxygens (including phenoxy) is 1. The Bertz CT molecular complexity index is 892. The minimum atomic E-state index is -0.582. The number of likely N-dealkylation sites (tertiary alicyclic amines) is 1. The van der Waals surface area contributed by atoms with E-state index in [1.807, 2.05) is 49.9 Å². The molecule has 1 fully saturated rings. The van der Waals surface area contributed by atoms with Crippen molar-refractivity contribution in [2.75, 3.05) is 20.2 Å². The minimum Gasteiger partial charge on any atom is -0.496 e. The average Bonchev–Trinajstić information content (AvgIpc) is 3.18. The number of carbonyl (C=O) groups excluding carboxylic acids is 2. The first-order valence-corrected chi connectivity index (χ1v) is 10.7. The van der Waals surface area contributed by atoms with E-state index in [0.29, 0.717) is 32.4 Å². The van der Waals surface area contributed by atoms with E-state index in [9.17, 15) is 9.59 Å². The summed E-state index contributed by atoms with van der Waals surface area (Å²) in [6.45, 7) is 6.92. The molecule has 0 unspecified atom stereocenters. The van der Waals surface area contributed by atoms with E-state index in [2.05, 4.69) is 29.6 Å². The number of methoxy groups -OCH3 is 1. The molecule has 30 heavy (non-hydrogen) atoms. The zero-order chi connectivity index (χ0) is 21.7. The first-order chi connectivity index (χ1) is 14.4. The Morgan fingerprint density at radius 3 is 2.47 bits per heavy atom. The molecule has 160 valence electrons. The van der Waals surface area contributed by atoms with Gasteiger partial charge in [-0.25, -0.2) is 0 Å². The number of para-hydroxylation sites is 1. The third-order valence-electron chi connectivity index (χ3n) is 5.82. The predicted molar refractivity (Wildman–Crippen MR) is 119 cm³/mol. The van der Waals surface area contributed by atoms with Crippen molar-refractivity contribution in [3.8, 4) is 16.9 Å². The largest absolute Gasteiger partial charge is 0.496 e. The van der Waals surface area contributed by atoms with Crippen LogP contribution in [0.3, 0.4) is 0 Å². The molecule has 0 radical (unpaired) electrons. The van der Waals surface area contributed by atoms with E-state index in [1.54, 1.807) is 7.11 Å². The molecule has 1 atom stereocenters. The fourth-order valence-corrected chi connectivity index (χ4v) is 4.21. The summed E-state index contributed by atoms with van der Waals surface area (Å²) in [5.74, 6) is 0.987. The lowest BCUT2D eigenvalue weighted by molar-refractivity contribution is -0.133. The predicted octanol–water partition coefficient (Wildman–Crippen LogP) is 4.06. The molecule has 1 N–H and O–H groups in total. The van der Waals surface area contributed by atoms with E-state index in [4.69, 9.17) is 4.74 Å². The van der Waals surface area contributed by atoms with Crippen LogP contribution in [-0.2, 0) is 16.0 Å². The van der Waals surface area contributed by atoms with Crippen LogP contribution in [0.25, 0.3) is 11.1 Å². The lowest BCUT2D eigenvalue weighted by atomic mass is 9.79. The van der Waals surface area contributed by atoms with Gasteiger partial charge in [0.05, 0.1) is 12.5 Å². The van der Waals surface area contributed by atoms with E-state index in [1.165, 1.54) is 0 Å². The van der Waals surface area contributed by atoms with Crippen molar-refractivity contribution in [1.82, 2.24) is 10.2 Å². The Balaban J connectivity index is 1.84. The molecule has 5 heteroatoms. The van der Waals surface area contributed by atoms with E-state index >= 15 is 0 Å². The van der Waals surface area contributed by atoms with Crippen molar-refractivity contribution < 1.29 is 14.3 Å². The van der Waals surface area contributed by atoms with Crippen LogP contribution in [0.4, 0.5) is 0 Å². The Morgan fingerprint density at radius 1 is 1.13 bits per heavy atom. The second-order valence-corrected chi connectivity index (χ2v) is 8.40. The summed E-state index contributed by atoms with van der Waals surface area (Å²) in [5.41, 5.74) is 2.63. The van der Waals surface area contributed by atoms with Crippen LogP contribution in [0.5, 0.6) is 5.75 Å². The number of hydrogen-bond donors (Lipinski definition) is 1. The zero-order valence-corrected chi connectivity index (χ0v) is 18.4. The molecule has 0 bridgehead atoms. The maximum absolute atomic E-state index is 13.1. The van der Waals surface area contributed by atoms with Crippen molar-refractivity contribution in [3.05, 3.63) is 54.1 Å². The zero-order valence-electron chi connectivity index (χ0n) is 18.4. The normalized spacial score (nSPS) is 18.5. The Morgan fingerprint density at radius 2 is 1.83 bits per heavy atom. The third-order valence-corrected chi connectivity index (χ3v) is 5.82. The van der Waals surface area contributed by atoms with E-state index < -0.39 is 5.41 Å². The summed E-state index contributed by atoms with van der Waals surface area (Å²) < 4.78 is 5.48. The van der Waals surface area contributed by atoms with E-state index in [0.717, 1.165) is 22.4 Å². The van der Waals surface area contributed by atoms with Crippen LogP contribution in [0.1, 0.15) is 39.2 Å². The molecule has 0 spiro atoms. The fraction of sp³-hybridized carbons (Fsp3) is 0.440. The molecule has 5 nitrogen and oxygen atoms in total. The van der Waals surface area contributed by atoms with Gasteiger partial charge in [0, 0.05) is 31.1 Å². The lowest BCUT2D eigenvalue weighted by Gasteiger charge is -2.29. The van der Waals surface area contributed by atoms with Gasteiger partial charge in [0.2, 0.25) is 11.8 Å². The molecule has 0 aromatic heterocycles. The first kappa shape index (κ1) is 21.9. The molecule has 1 aliphatic heterocycles. The van der Waals surface area contributed by atoms with E-state index in [-0.39, 0.29) is 17.9 Å². The molecule has 2 aromatic rings. The van der Waals surface area contributed by atoms with Gasteiger partial charge < -0.3 is 15.0 Å². The average molecular weight is 409 g/mol. The fourth-order valence-electron chi connectivity index (χ4n) is 4.21. The van der Waals surface area contributed by atoms with Gasteiger partial charge in [0.15, 0.2) is 0 Å². The molecule has 1 heterocycles. The summed E-state index contributed by atoms with van der Waals surface area (Å²) in [7, 11) is 1.67. The maximum atomic E-state index is 13.1. The Kier molecular flexibility index (Phi) is 6.80. The smallest absolute Gasteiger partial charge is 0.228 e. The highest BCUT2D eigenvalue weighted by molar-refractivity contribution is 5.86. The Labute approximate surface area is 179 Å². The first-order valence-electron chi connectivity index (χ1n) is 10.7. The summed E-state index contributed by atoms with van der Waals surface area (Å²) in [6, 6.07) is 16.3. The number of hydrogen-bond acceptors (Lipinski definition) is 3. The van der Waals surface area contributed by atoms with Gasteiger partial charge in [-0.3, -0.25) is 9.59 Å². The molecular weight excluding hydrogens is 376 g/mol. The van der Waals surface area contributed by atoms with Crippen LogP contribution in [0.15, 0.2) is 48.5 Å². The SMILES string of the molecule is CCC(=O)N1CC[C@](Cc2ccc(-c3ccccc3OC)cc2)(C(=O)NC(C)C)C1. The van der Waals surface area contributed by atoms with Crippen molar-refractivity contribution in [3.63, 3.8) is 0 Å². The van der Waals surface area contributed by atoms with Gasteiger partial charge in [-0.15, -0.1) is 0 Å². The monoisotopic (exact) mass is 408 g/mol. The molecular formula is C25H32N2O3. The number of amides is 2. The van der Waals surface area contributed by atoms with Crippen molar-refractivity contribution in [2.24, 2.45) is 5.41 Å². The van der Waals surface area contributed by atoms with Crippen LogP contribution >= 0.6 is 0 Å². The molecule has 0 saturated carbocycles. The highest BCUT2D eigenvalue weighted by Gasteiger charge is 2.45. The molecule has 0 aliphatic carbocycles. The molecule has 1 saturated heterocycles. The molecule has 3 rings (SSSR count). The molecule has 2 amide bonds.